The van der Waals surface area contributed by atoms with Gasteiger partial charge in [0.25, 0.3) is 0 Å². The molecule has 1 atom stereocenters. The van der Waals surface area contributed by atoms with Gasteiger partial charge in [-0.1, -0.05) is 26.8 Å². The molecule has 1 unspecified atom stereocenters. The maximum atomic E-state index is 12.9. The number of carbonyl (C=O) groups excluding carboxylic acids is 1. The van der Waals surface area contributed by atoms with E-state index in [2.05, 4.69) is 32.2 Å². The Morgan fingerprint density at radius 2 is 2.04 bits per heavy atom. The number of nitrogens with zero attached hydrogens (tertiary/aromatic N) is 1. The van der Waals surface area contributed by atoms with Crippen molar-refractivity contribution >= 4 is 11.7 Å². The highest BCUT2D eigenvalue weighted by molar-refractivity contribution is 5.91. The molecule has 1 aliphatic rings. The zero-order valence-corrected chi connectivity index (χ0v) is 16.2. The van der Waals surface area contributed by atoms with Gasteiger partial charge in [0, 0.05) is 26.3 Å². The molecule has 5 heteroatoms. The van der Waals surface area contributed by atoms with Gasteiger partial charge in [0.1, 0.15) is 5.75 Å². The predicted molar refractivity (Wildman–Crippen MR) is 102 cm³/mol. The number of benzene rings is 1. The smallest absolute Gasteiger partial charge is 0.322 e. The Morgan fingerprint density at radius 3 is 2.68 bits per heavy atom. The van der Waals surface area contributed by atoms with Gasteiger partial charge in [-0.15, -0.1) is 0 Å². The first-order chi connectivity index (χ1) is 11.9. The molecule has 1 aliphatic heterocycles. The molecule has 5 nitrogen and oxygen atoms in total. The summed E-state index contributed by atoms with van der Waals surface area (Å²) >= 11 is 0. The highest BCUT2D eigenvalue weighted by Crippen LogP contribution is 2.32. The van der Waals surface area contributed by atoms with Crippen molar-refractivity contribution in [2.75, 3.05) is 32.7 Å². The van der Waals surface area contributed by atoms with Crippen molar-refractivity contribution in [3.63, 3.8) is 0 Å². The van der Waals surface area contributed by atoms with E-state index in [0.29, 0.717) is 12.4 Å². The standard InChI is InChI=1S/C20H32N2O3/c1-20(2,3)15-9-10-18(25-5)17(14-15)21-19(23)22-12-7-6-8-16(22)11-13-24-4/h9-10,14,16H,6-8,11-13H2,1-5H3,(H,21,23). The van der Waals surface area contributed by atoms with E-state index >= 15 is 0 Å². The third-order valence-corrected chi connectivity index (χ3v) is 4.85. The van der Waals surface area contributed by atoms with Gasteiger partial charge in [-0.05, 0) is 48.8 Å². The van der Waals surface area contributed by atoms with Crippen LogP contribution in [-0.4, -0.2) is 44.3 Å². The number of hydrogen-bond acceptors (Lipinski definition) is 3. The summed E-state index contributed by atoms with van der Waals surface area (Å²) in [6.45, 7) is 7.95. The number of nitrogens with one attached hydrogen (secondary N) is 1. The minimum Gasteiger partial charge on any atom is -0.495 e. The Hall–Kier alpha value is -1.75. The summed E-state index contributed by atoms with van der Waals surface area (Å²) in [7, 11) is 3.33. The second-order valence-electron chi connectivity index (χ2n) is 7.72. The zero-order valence-electron chi connectivity index (χ0n) is 16.2. The quantitative estimate of drug-likeness (QED) is 0.857. The van der Waals surface area contributed by atoms with Crippen molar-refractivity contribution in [1.29, 1.82) is 0 Å². The van der Waals surface area contributed by atoms with Crippen molar-refractivity contribution in [3.05, 3.63) is 23.8 Å². The number of anilines is 1. The normalized spacial score (nSPS) is 18.1. The second kappa shape index (κ2) is 8.56. The lowest BCUT2D eigenvalue weighted by Gasteiger charge is -2.36. The molecule has 2 amide bonds. The van der Waals surface area contributed by atoms with Crippen molar-refractivity contribution in [1.82, 2.24) is 4.90 Å². The number of ether oxygens (including phenoxy) is 2. The second-order valence-corrected chi connectivity index (χ2v) is 7.72. The van der Waals surface area contributed by atoms with Gasteiger partial charge in [-0.25, -0.2) is 4.79 Å². The molecule has 1 aromatic carbocycles. The maximum Gasteiger partial charge on any atom is 0.322 e. The van der Waals surface area contributed by atoms with Crippen molar-refractivity contribution < 1.29 is 14.3 Å². The minimum atomic E-state index is -0.0508. The van der Waals surface area contributed by atoms with Crippen LogP contribution in [0.3, 0.4) is 0 Å². The van der Waals surface area contributed by atoms with E-state index in [1.165, 1.54) is 6.42 Å². The van der Waals surface area contributed by atoms with Gasteiger partial charge in [-0.3, -0.25) is 0 Å². The maximum absolute atomic E-state index is 12.9. The van der Waals surface area contributed by atoms with Crippen LogP contribution in [-0.2, 0) is 10.2 Å². The Kier molecular flexibility index (Phi) is 6.71. The highest BCUT2D eigenvalue weighted by Gasteiger charge is 2.27. The third kappa shape index (κ3) is 5.11. The minimum absolute atomic E-state index is 0.0118. The average molecular weight is 348 g/mol. The number of methoxy groups -OCH3 is 2. The molecular weight excluding hydrogens is 316 g/mol. The fourth-order valence-corrected chi connectivity index (χ4v) is 3.28. The molecular formula is C20H32N2O3. The van der Waals surface area contributed by atoms with E-state index in [1.807, 2.05) is 17.0 Å². The van der Waals surface area contributed by atoms with Crippen LogP contribution in [0.4, 0.5) is 10.5 Å². The molecule has 1 fully saturated rings. The molecule has 0 aromatic heterocycles. The average Bonchev–Trinajstić information content (AvgIpc) is 2.59. The number of piperidine rings is 1. The molecule has 2 rings (SSSR count). The van der Waals surface area contributed by atoms with E-state index in [9.17, 15) is 4.79 Å². The summed E-state index contributed by atoms with van der Waals surface area (Å²) in [5.74, 6) is 0.687. The van der Waals surface area contributed by atoms with E-state index < -0.39 is 0 Å². The fraction of sp³-hybridized carbons (Fsp3) is 0.650. The molecule has 1 aromatic rings. The van der Waals surface area contributed by atoms with Crippen LogP contribution in [0, 0.1) is 0 Å². The van der Waals surface area contributed by atoms with Crippen LogP contribution in [0.15, 0.2) is 18.2 Å². The number of hydrogen-bond donors (Lipinski definition) is 1. The van der Waals surface area contributed by atoms with Gasteiger partial charge in [0.2, 0.25) is 0 Å². The van der Waals surface area contributed by atoms with E-state index in [1.54, 1.807) is 14.2 Å². The number of likely N-dealkylation sites (tertiary alicyclic amines) is 1. The Bertz CT molecular complexity index is 581. The Balaban J connectivity index is 2.17. The fourth-order valence-electron chi connectivity index (χ4n) is 3.28. The summed E-state index contributed by atoms with van der Waals surface area (Å²) in [4.78, 5) is 14.8. The molecule has 0 radical (unpaired) electrons. The van der Waals surface area contributed by atoms with Crippen LogP contribution >= 0.6 is 0 Å². The Labute approximate surface area is 151 Å². The van der Waals surface area contributed by atoms with Gasteiger partial charge >= 0.3 is 6.03 Å². The van der Waals surface area contributed by atoms with E-state index in [0.717, 1.165) is 37.1 Å². The van der Waals surface area contributed by atoms with Gasteiger partial charge < -0.3 is 19.7 Å². The van der Waals surface area contributed by atoms with Crippen LogP contribution in [0.1, 0.15) is 52.0 Å². The number of rotatable bonds is 5. The molecule has 0 bridgehead atoms. The van der Waals surface area contributed by atoms with Crippen molar-refractivity contribution in [2.45, 2.75) is 57.9 Å². The number of carbonyl (C=O) groups is 1. The molecule has 140 valence electrons. The first-order valence-corrected chi connectivity index (χ1v) is 9.12. The zero-order chi connectivity index (χ0) is 18.4. The molecule has 0 aliphatic carbocycles. The van der Waals surface area contributed by atoms with Crippen LogP contribution in [0.25, 0.3) is 0 Å². The molecule has 25 heavy (non-hydrogen) atoms. The summed E-state index contributed by atoms with van der Waals surface area (Å²) in [6, 6.07) is 6.19. The van der Waals surface area contributed by atoms with Gasteiger partial charge in [-0.2, -0.15) is 0 Å². The third-order valence-electron chi connectivity index (χ3n) is 4.85. The number of urea groups is 1. The monoisotopic (exact) mass is 348 g/mol. The van der Waals surface area contributed by atoms with Gasteiger partial charge in [0.15, 0.2) is 0 Å². The molecule has 1 saturated heterocycles. The lowest BCUT2D eigenvalue weighted by molar-refractivity contribution is 0.123. The topological polar surface area (TPSA) is 50.8 Å². The summed E-state index contributed by atoms with van der Waals surface area (Å²) in [6.07, 6.45) is 4.14. The summed E-state index contributed by atoms with van der Waals surface area (Å²) < 4.78 is 10.6. The van der Waals surface area contributed by atoms with Gasteiger partial charge in [0.05, 0.1) is 12.8 Å². The SMILES string of the molecule is COCCC1CCCCN1C(=O)Nc1cc(C(C)(C)C)ccc1OC. The van der Waals surface area contributed by atoms with Crippen LogP contribution in [0.5, 0.6) is 5.75 Å². The Morgan fingerprint density at radius 1 is 1.28 bits per heavy atom. The van der Waals surface area contributed by atoms with Crippen LogP contribution in [0.2, 0.25) is 0 Å². The summed E-state index contributed by atoms with van der Waals surface area (Å²) in [5.41, 5.74) is 1.91. The van der Waals surface area contributed by atoms with Crippen molar-refractivity contribution in [3.8, 4) is 5.75 Å². The molecule has 0 saturated carbocycles. The van der Waals surface area contributed by atoms with E-state index in [-0.39, 0.29) is 17.5 Å². The summed E-state index contributed by atoms with van der Waals surface area (Å²) in [5, 5.41) is 3.07. The van der Waals surface area contributed by atoms with Crippen LogP contribution < -0.4 is 10.1 Å². The van der Waals surface area contributed by atoms with E-state index in [4.69, 9.17) is 9.47 Å². The lowest BCUT2D eigenvalue weighted by atomic mass is 9.87. The first-order valence-electron chi connectivity index (χ1n) is 9.12. The number of amides is 2. The highest BCUT2D eigenvalue weighted by atomic mass is 16.5. The molecule has 1 N–H and O–H groups in total. The van der Waals surface area contributed by atoms with Crippen molar-refractivity contribution in [2.24, 2.45) is 0 Å². The first kappa shape index (κ1) is 19.6. The molecule has 0 spiro atoms. The molecule has 1 heterocycles. The predicted octanol–water partition coefficient (Wildman–Crippen LogP) is 4.42. The lowest BCUT2D eigenvalue weighted by Crippen LogP contribution is -2.46. The largest absolute Gasteiger partial charge is 0.495 e.